The van der Waals surface area contributed by atoms with Crippen LogP contribution in [0, 0.1) is 0 Å². The second kappa shape index (κ2) is 6.04. The molecule has 9 heteroatoms. The van der Waals surface area contributed by atoms with Crippen LogP contribution in [-0.2, 0) is 16.4 Å². The number of aromatic nitrogens is 3. The number of alkyl halides is 3. The topological polar surface area (TPSA) is 86.2 Å². The Balaban J connectivity index is 1.73. The lowest BCUT2D eigenvalue weighted by atomic mass is 9.79. The summed E-state index contributed by atoms with van der Waals surface area (Å²) in [6, 6.07) is 4.26. The molecule has 1 saturated carbocycles. The van der Waals surface area contributed by atoms with Gasteiger partial charge in [-0.25, -0.2) is 9.67 Å². The van der Waals surface area contributed by atoms with Gasteiger partial charge in [-0.3, -0.25) is 9.79 Å². The van der Waals surface area contributed by atoms with E-state index in [1.165, 1.54) is 10.9 Å². The second-order valence-corrected chi connectivity index (χ2v) is 6.73. The van der Waals surface area contributed by atoms with E-state index >= 15 is 0 Å². The van der Waals surface area contributed by atoms with Crippen molar-refractivity contribution < 1.29 is 18.0 Å². The van der Waals surface area contributed by atoms with Gasteiger partial charge in [-0.2, -0.15) is 18.3 Å². The molecule has 4 rings (SSSR count). The summed E-state index contributed by atoms with van der Waals surface area (Å²) in [5.41, 5.74) is 4.55. The van der Waals surface area contributed by atoms with Gasteiger partial charge in [0, 0.05) is 24.0 Å². The van der Waals surface area contributed by atoms with Gasteiger partial charge in [0.15, 0.2) is 11.5 Å². The van der Waals surface area contributed by atoms with Crippen LogP contribution in [0.1, 0.15) is 35.7 Å². The first kappa shape index (κ1) is 17.4. The Labute approximate surface area is 152 Å². The van der Waals surface area contributed by atoms with Crippen molar-refractivity contribution in [1.29, 1.82) is 0 Å². The quantitative estimate of drug-likeness (QED) is 0.891. The van der Waals surface area contributed by atoms with Crippen molar-refractivity contribution in [1.82, 2.24) is 14.8 Å². The van der Waals surface area contributed by atoms with Gasteiger partial charge in [0.1, 0.15) is 5.41 Å². The highest BCUT2D eigenvalue weighted by atomic mass is 19.4. The number of allylic oxidation sites excluding steroid dienone is 1. The van der Waals surface area contributed by atoms with Gasteiger partial charge in [-0.05, 0) is 36.6 Å². The van der Waals surface area contributed by atoms with E-state index in [2.05, 4.69) is 15.1 Å². The monoisotopic (exact) mass is 375 g/mol. The molecule has 3 heterocycles. The molecule has 0 bridgehead atoms. The Morgan fingerprint density at radius 1 is 1.30 bits per heavy atom. The van der Waals surface area contributed by atoms with Crippen molar-refractivity contribution >= 4 is 12.1 Å². The molecule has 0 radical (unpaired) electrons. The number of primary amides is 1. The standard InChI is InChI=1S/C18H16F3N5O/c19-18(20,21)14-8-13(11-2-3-11)26(25-14)15-5-4-12(9-24-15)17(16(22)27)6-1-7-23-10-17/h1,4-9,11H,2-3,10H2,(H2,22,27). The van der Waals surface area contributed by atoms with E-state index in [9.17, 15) is 18.0 Å². The van der Waals surface area contributed by atoms with Crippen LogP contribution in [0.4, 0.5) is 13.2 Å². The SMILES string of the molecule is NC(=O)C1(c2ccc(-n3nc(C(F)(F)F)cc3C3CC3)nc2)C=CC=NC1. The maximum absolute atomic E-state index is 13.1. The third kappa shape index (κ3) is 3.02. The number of dihydropyridines is 1. The van der Waals surface area contributed by atoms with Gasteiger partial charge < -0.3 is 5.73 Å². The molecule has 140 valence electrons. The number of carbonyl (C=O) groups is 1. The summed E-state index contributed by atoms with van der Waals surface area (Å²) < 4.78 is 40.4. The molecule has 0 spiro atoms. The molecule has 2 aliphatic rings. The minimum Gasteiger partial charge on any atom is -0.369 e. The molecule has 1 aliphatic carbocycles. The zero-order valence-corrected chi connectivity index (χ0v) is 14.1. The molecule has 1 atom stereocenters. The Morgan fingerprint density at radius 3 is 2.59 bits per heavy atom. The lowest BCUT2D eigenvalue weighted by molar-refractivity contribution is -0.141. The smallest absolute Gasteiger partial charge is 0.369 e. The molecule has 1 unspecified atom stereocenters. The van der Waals surface area contributed by atoms with Crippen LogP contribution in [0.15, 0.2) is 41.5 Å². The van der Waals surface area contributed by atoms with E-state index in [1.54, 1.807) is 30.5 Å². The summed E-state index contributed by atoms with van der Waals surface area (Å²) >= 11 is 0. The fourth-order valence-corrected chi connectivity index (χ4v) is 3.17. The van der Waals surface area contributed by atoms with Crippen LogP contribution in [0.25, 0.3) is 5.82 Å². The number of rotatable bonds is 4. The number of nitrogens with zero attached hydrogens (tertiary/aromatic N) is 4. The highest BCUT2D eigenvalue weighted by Crippen LogP contribution is 2.42. The van der Waals surface area contributed by atoms with Gasteiger partial charge in [-0.1, -0.05) is 12.1 Å². The van der Waals surface area contributed by atoms with Crippen molar-refractivity contribution in [3.63, 3.8) is 0 Å². The summed E-state index contributed by atoms with van der Waals surface area (Å²) in [5, 5.41) is 3.71. The van der Waals surface area contributed by atoms with Crippen LogP contribution in [-0.4, -0.2) is 33.4 Å². The molecule has 1 aliphatic heterocycles. The summed E-state index contributed by atoms with van der Waals surface area (Å²) in [7, 11) is 0. The number of halogens is 3. The summed E-state index contributed by atoms with van der Waals surface area (Å²) in [6.07, 6.45) is 3.45. The first-order valence-electron chi connectivity index (χ1n) is 8.43. The van der Waals surface area contributed by atoms with Crippen molar-refractivity contribution in [3.05, 3.63) is 53.5 Å². The number of nitrogens with two attached hydrogens (primary N) is 1. The Kier molecular flexibility index (Phi) is 3.90. The third-order valence-corrected chi connectivity index (χ3v) is 4.86. The molecule has 2 aromatic rings. The molecule has 1 amide bonds. The van der Waals surface area contributed by atoms with E-state index in [0.29, 0.717) is 11.3 Å². The van der Waals surface area contributed by atoms with Gasteiger partial charge in [0.05, 0.1) is 6.54 Å². The first-order valence-corrected chi connectivity index (χ1v) is 8.43. The van der Waals surface area contributed by atoms with Crippen molar-refractivity contribution in [3.8, 4) is 5.82 Å². The summed E-state index contributed by atoms with van der Waals surface area (Å²) in [4.78, 5) is 20.4. The first-order chi connectivity index (χ1) is 12.8. The second-order valence-electron chi connectivity index (χ2n) is 6.73. The van der Waals surface area contributed by atoms with E-state index in [-0.39, 0.29) is 18.3 Å². The number of hydrogen-bond donors (Lipinski definition) is 1. The fourth-order valence-electron chi connectivity index (χ4n) is 3.17. The van der Waals surface area contributed by atoms with Crippen LogP contribution in [0.3, 0.4) is 0 Å². The number of amides is 1. The van der Waals surface area contributed by atoms with Gasteiger partial charge in [0.25, 0.3) is 0 Å². The lowest BCUT2D eigenvalue weighted by Crippen LogP contribution is -2.43. The number of carbonyl (C=O) groups excluding carboxylic acids is 1. The molecule has 27 heavy (non-hydrogen) atoms. The maximum Gasteiger partial charge on any atom is 0.435 e. The highest BCUT2D eigenvalue weighted by molar-refractivity contribution is 5.92. The summed E-state index contributed by atoms with van der Waals surface area (Å²) in [5.74, 6) is -0.246. The predicted octanol–water partition coefficient (Wildman–Crippen LogP) is 2.53. The normalized spacial score (nSPS) is 22.2. The molecule has 2 N–H and O–H groups in total. The van der Waals surface area contributed by atoms with Crippen LogP contribution in [0.5, 0.6) is 0 Å². The Hall–Kier alpha value is -2.97. The van der Waals surface area contributed by atoms with E-state index in [4.69, 9.17) is 5.73 Å². The van der Waals surface area contributed by atoms with Crippen molar-refractivity contribution in [2.45, 2.75) is 30.4 Å². The molecule has 0 aromatic carbocycles. The Morgan fingerprint density at radius 2 is 2.07 bits per heavy atom. The number of hydrogen-bond acceptors (Lipinski definition) is 4. The van der Waals surface area contributed by atoms with E-state index in [1.807, 2.05) is 0 Å². The average Bonchev–Trinajstić information content (AvgIpc) is 3.39. The third-order valence-electron chi connectivity index (χ3n) is 4.86. The molecule has 1 fully saturated rings. The van der Waals surface area contributed by atoms with Gasteiger partial charge in [-0.15, -0.1) is 0 Å². The molecule has 2 aromatic heterocycles. The minimum absolute atomic E-state index is 0.0580. The molecule has 6 nitrogen and oxygen atoms in total. The molecule has 0 saturated heterocycles. The maximum atomic E-state index is 13.1. The Bertz CT molecular complexity index is 941. The van der Waals surface area contributed by atoms with Crippen LogP contribution >= 0.6 is 0 Å². The highest BCUT2D eigenvalue weighted by Gasteiger charge is 2.39. The molecular formula is C18H16F3N5O. The molecular weight excluding hydrogens is 359 g/mol. The summed E-state index contributed by atoms with van der Waals surface area (Å²) in [6.45, 7) is 0.160. The van der Waals surface area contributed by atoms with E-state index in [0.717, 1.165) is 18.9 Å². The van der Waals surface area contributed by atoms with Crippen LogP contribution in [0.2, 0.25) is 0 Å². The zero-order valence-electron chi connectivity index (χ0n) is 14.1. The number of aliphatic imine (C=N–C) groups is 1. The van der Waals surface area contributed by atoms with Gasteiger partial charge in [0.2, 0.25) is 5.91 Å². The van der Waals surface area contributed by atoms with Gasteiger partial charge >= 0.3 is 6.18 Å². The van der Waals surface area contributed by atoms with Crippen LogP contribution < -0.4 is 5.73 Å². The van der Waals surface area contributed by atoms with E-state index < -0.39 is 23.2 Å². The predicted molar refractivity (Wildman–Crippen MR) is 91.7 cm³/mol. The number of pyridine rings is 1. The lowest BCUT2D eigenvalue weighted by Gasteiger charge is -2.27. The largest absolute Gasteiger partial charge is 0.435 e. The van der Waals surface area contributed by atoms with Crippen molar-refractivity contribution in [2.75, 3.05) is 6.54 Å². The fraction of sp³-hybridized carbons (Fsp3) is 0.333. The zero-order chi connectivity index (χ0) is 19.2. The van der Waals surface area contributed by atoms with Crippen molar-refractivity contribution in [2.24, 2.45) is 10.7 Å². The minimum atomic E-state index is -4.52. The average molecular weight is 375 g/mol.